The summed E-state index contributed by atoms with van der Waals surface area (Å²) in [7, 11) is 1.36. The summed E-state index contributed by atoms with van der Waals surface area (Å²) in [6.45, 7) is 9.77. The Hall–Kier alpha value is -4.60. The number of benzene rings is 3. The van der Waals surface area contributed by atoms with Crippen molar-refractivity contribution in [2.75, 3.05) is 7.11 Å². The first-order valence-electron chi connectivity index (χ1n) is 10.9. The Balaban J connectivity index is 2.18. The van der Waals surface area contributed by atoms with Gasteiger partial charge in [0.05, 0.1) is 7.11 Å². The number of hydrogen-bond donors (Lipinski definition) is 0. The lowest BCUT2D eigenvalue weighted by Crippen LogP contribution is -2.18. The summed E-state index contributed by atoms with van der Waals surface area (Å²) < 4.78 is 74.4. The third-order valence-electron chi connectivity index (χ3n) is 5.00. The molecular formula is C28H22F4O6. The largest absolute Gasteiger partial charge is 0.573 e. The second kappa shape index (κ2) is 11.2. The van der Waals surface area contributed by atoms with Crippen LogP contribution in [-0.4, -0.2) is 25.4 Å². The van der Waals surface area contributed by atoms with Gasteiger partial charge in [-0.3, -0.25) is 0 Å². The van der Waals surface area contributed by atoms with Gasteiger partial charge >= 0.3 is 18.3 Å². The average Bonchev–Trinajstić information content (AvgIpc) is 2.82. The van der Waals surface area contributed by atoms with Gasteiger partial charge in [0, 0.05) is 28.3 Å². The van der Waals surface area contributed by atoms with Crippen molar-refractivity contribution in [2.24, 2.45) is 0 Å². The predicted octanol–water partition coefficient (Wildman–Crippen LogP) is 7.03. The summed E-state index contributed by atoms with van der Waals surface area (Å²) in [4.78, 5) is 24.0. The van der Waals surface area contributed by atoms with Crippen molar-refractivity contribution < 1.29 is 46.1 Å². The molecule has 0 bridgehead atoms. The van der Waals surface area contributed by atoms with Crippen LogP contribution in [0.15, 0.2) is 78.9 Å². The molecule has 0 spiro atoms. The van der Waals surface area contributed by atoms with E-state index in [1.165, 1.54) is 57.4 Å². The Morgan fingerprint density at radius 2 is 1.39 bits per heavy atom. The van der Waals surface area contributed by atoms with E-state index in [1.54, 1.807) is 0 Å². The van der Waals surface area contributed by atoms with E-state index in [2.05, 4.69) is 17.9 Å². The number of alkyl halides is 3. The smallest absolute Gasteiger partial charge is 0.497 e. The molecule has 0 saturated heterocycles. The molecule has 6 nitrogen and oxygen atoms in total. The highest BCUT2D eigenvalue weighted by Gasteiger charge is 2.33. The average molecular weight is 530 g/mol. The molecule has 3 rings (SSSR count). The molecule has 0 radical (unpaired) electrons. The lowest BCUT2D eigenvalue weighted by Gasteiger charge is -2.18. The van der Waals surface area contributed by atoms with Crippen molar-refractivity contribution in [3.63, 3.8) is 0 Å². The molecule has 0 aliphatic heterocycles. The van der Waals surface area contributed by atoms with Crippen molar-refractivity contribution in [1.82, 2.24) is 0 Å². The maximum absolute atomic E-state index is 14.3. The molecule has 0 saturated carbocycles. The highest BCUT2D eigenvalue weighted by Crippen LogP contribution is 2.43. The molecule has 3 aromatic carbocycles. The van der Waals surface area contributed by atoms with Gasteiger partial charge in [0.2, 0.25) is 0 Å². The van der Waals surface area contributed by atoms with Gasteiger partial charge < -0.3 is 18.9 Å². The maximum atomic E-state index is 14.3. The number of rotatable bonds is 8. The Labute approximate surface area is 215 Å². The highest BCUT2D eigenvalue weighted by molar-refractivity contribution is 5.91. The quantitative estimate of drug-likeness (QED) is 0.135. The maximum Gasteiger partial charge on any atom is 0.573 e. The van der Waals surface area contributed by atoms with E-state index in [-0.39, 0.29) is 50.6 Å². The fourth-order valence-electron chi connectivity index (χ4n) is 3.24. The van der Waals surface area contributed by atoms with Crippen LogP contribution in [0.25, 0.3) is 22.3 Å². The third kappa shape index (κ3) is 7.00. The zero-order chi connectivity index (χ0) is 28.2. The van der Waals surface area contributed by atoms with Gasteiger partial charge in [0.1, 0.15) is 28.8 Å². The fourth-order valence-corrected chi connectivity index (χ4v) is 3.24. The predicted molar refractivity (Wildman–Crippen MR) is 131 cm³/mol. The van der Waals surface area contributed by atoms with Gasteiger partial charge in [0.15, 0.2) is 0 Å². The van der Waals surface area contributed by atoms with Crippen LogP contribution in [0.1, 0.15) is 13.8 Å². The van der Waals surface area contributed by atoms with Gasteiger partial charge in [-0.05, 0) is 67.4 Å². The van der Waals surface area contributed by atoms with E-state index in [1.807, 2.05) is 0 Å². The number of carbonyl (C=O) groups is 2. The van der Waals surface area contributed by atoms with Crippen LogP contribution in [0.2, 0.25) is 0 Å². The van der Waals surface area contributed by atoms with Crippen LogP contribution in [0.4, 0.5) is 17.6 Å². The first-order valence-corrected chi connectivity index (χ1v) is 10.9. The molecule has 198 valence electrons. The van der Waals surface area contributed by atoms with Gasteiger partial charge in [-0.25, -0.2) is 14.0 Å². The molecule has 0 aliphatic carbocycles. The topological polar surface area (TPSA) is 71.1 Å². The van der Waals surface area contributed by atoms with Gasteiger partial charge in [-0.2, -0.15) is 0 Å². The van der Waals surface area contributed by atoms with Crippen molar-refractivity contribution in [1.29, 1.82) is 0 Å². The number of methoxy groups -OCH3 is 1. The standard InChI is InChI=1S/C28H22F4O6/c1-15(2)26(33)36-21-11-18(10-19(29)13-21)17-6-8-22(25(12-17)38-28(30,31)32)23-14-20(35-5)7-9-24(23)37-27(34)16(3)4/h6-14H,1,3H2,2,4-5H3. The minimum Gasteiger partial charge on any atom is -0.497 e. The Bertz CT molecular complexity index is 1430. The lowest BCUT2D eigenvalue weighted by molar-refractivity contribution is -0.274. The summed E-state index contributed by atoms with van der Waals surface area (Å²) in [5, 5.41) is 0. The minimum absolute atomic E-state index is 0.0556. The Kier molecular flexibility index (Phi) is 8.25. The molecule has 0 fully saturated rings. The van der Waals surface area contributed by atoms with Crippen molar-refractivity contribution in [3.05, 3.63) is 84.7 Å². The molecule has 38 heavy (non-hydrogen) atoms. The minimum atomic E-state index is -5.09. The Morgan fingerprint density at radius 1 is 0.737 bits per heavy atom. The normalized spacial score (nSPS) is 10.9. The van der Waals surface area contributed by atoms with Crippen LogP contribution in [-0.2, 0) is 9.59 Å². The molecule has 0 N–H and O–H groups in total. The van der Waals surface area contributed by atoms with Crippen LogP contribution in [0.5, 0.6) is 23.0 Å². The van der Waals surface area contributed by atoms with E-state index in [0.717, 1.165) is 18.2 Å². The monoisotopic (exact) mass is 530 g/mol. The van der Waals surface area contributed by atoms with Gasteiger partial charge in [-0.1, -0.05) is 19.2 Å². The third-order valence-corrected chi connectivity index (χ3v) is 5.00. The zero-order valence-electron chi connectivity index (χ0n) is 20.6. The van der Waals surface area contributed by atoms with Crippen LogP contribution >= 0.6 is 0 Å². The van der Waals surface area contributed by atoms with Gasteiger partial charge in [0.25, 0.3) is 0 Å². The van der Waals surface area contributed by atoms with E-state index in [9.17, 15) is 27.2 Å². The molecule has 10 heteroatoms. The van der Waals surface area contributed by atoms with Crippen molar-refractivity contribution in [2.45, 2.75) is 20.2 Å². The second-order valence-corrected chi connectivity index (χ2v) is 8.14. The Morgan fingerprint density at radius 3 is 2.00 bits per heavy atom. The molecular weight excluding hydrogens is 508 g/mol. The van der Waals surface area contributed by atoms with E-state index >= 15 is 0 Å². The summed E-state index contributed by atoms with van der Waals surface area (Å²) >= 11 is 0. The molecule has 0 unspecified atom stereocenters. The first-order chi connectivity index (χ1) is 17.8. The number of halogens is 4. The summed E-state index contributed by atoms with van der Waals surface area (Å²) in [6, 6.07) is 11.2. The SMILES string of the molecule is C=C(C)C(=O)Oc1cc(F)cc(-c2ccc(-c3cc(OC)ccc3OC(=O)C(=C)C)c(OC(F)(F)F)c2)c1. The van der Waals surface area contributed by atoms with Crippen LogP contribution in [0.3, 0.4) is 0 Å². The van der Waals surface area contributed by atoms with Crippen LogP contribution < -0.4 is 18.9 Å². The van der Waals surface area contributed by atoms with Gasteiger partial charge in [-0.15, -0.1) is 13.2 Å². The molecule has 0 aliphatic rings. The van der Waals surface area contributed by atoms with Crippen molar-refractivity contribution >= 4 is 11.9 Å². The van der Waals surface area contributed by atoms with Crippen molar-refractivity contribution in [3.8, 4) is 45.3 Å². The van der Waals surface area contributed by atoms with E-state index < -0.39 is 29.9 Å². The lowest BCUT2D eigenvalue weighted by atomic mass is 9.98. The van der Waals surface area contributed by atoms with E-state index in [0.29, 0.717) is 0 Å². The highest BCUT2D eigenvalue weighted by atomic mass is 19.4. The van der Waals surface area contributed by atoms with E-state index in [4.69, 9.17) is 14.2 Å². The molecule has 0 aromatic heterocycles. The van der Waals surface area contributed by atoms with Crippen LogP contribution in [0, 0.1) is 5.82 Å². The number of esters is 2. The fraction of sp³-hybridized carbons (Fsp3) is 0.143. The molecule has 0 heterocycles. The first kappa shape index (κ1) is 28.0. The number of carbonyl (C=O) groups excluding carboxylic acids is 2. The second-order valence-electron chi connectivity index (χ2n) is 8.14. The summed E-state index contributed by atoms with van der Waals surface area (Å²) in [6.07, 6.45) is -5.09. The summed E-state index contributed by atoms with van der Waals surface area (Å²) in [5.41, 5.74) is 0.321. The molecule has 0 atom stereocenters. The summed E-state index contributed by atoms with van der Waals surface area (Å²) in [5.74, 6) is -3.02. The molecule has 0 amide bonds. The number of ether oxygens (including phenoxy) is 4. The zero-order valence-corrected chi connectivity index (χ0v) is 20.6. The molecule has 3 aromatic rings. The number of hydrogen-bond acceptors (Lipinski definition) is 6.